The molecule has 0 aromatic carbocycles. The topological polar surface area (TPSA) is 35.6 Å². The third-order valence-corrected chi connectivity index (χ3v) is 3.57. The van der Waals surface area contributed by atoms with Gasteiger partial charge >= 0.3 is 0 Å². The van der Waals surface area contributed by atoms with Gasteiger partial charge < -0.3 is 9.80 Å². The standard InChI is InChI=1S/C14H29N3O/c1-9(2)12-14(18)17(11(5)8-16(6)7)13(15-12)10(3)4/h9-13,15H,8H2,1-7H3. The van der Waals surface area contributed by atoms with Crippen molar-refractivity contribution in [3.8, 4) is 0 Å². The van der Waals surface area contributed by atoms with Crippen LogP contribution in [-0.2, 0) is 4.79 Å². The van der Waals surface area contributed by atoms with Gasteiger partial charge in [-0.1, -0.05) is 27.7 Å². The van der Waals surface area contributed by atoms with Crippen molar-refractivity contribution in [3.63, 3.8) is 0 Å². The van der Waals surface area contributed by atoms with Crippen LogP contribution in [0.5, 0.6) is 0 Å². The summed E-state index contributed by atoms with van der Waals surface area (Å²) in [4.78, 5) is 16.7. The number of nitrogens with zero attached hydrogens (tertiary/aromatic N) is 2. The van der Waals surface area contributed by atoms with Crippen molar-refractivity contribution >= 4 is 5.91 Å². The van der Waals surface area contributed by atoms with E-state index in [2.05, 4.69) is 63.8 Å². The van der Waals surface area contributed by atoms with Crippen molar-refractivity contribution in [2.45, 2.75) is 52.9 Å². The zero-order valence-electron chi connectivity index (χ0n) is 12.9. The molecule has 0 saturated carbocycles. The number of carbonyl (C=O) groups excluding carboxylic acids is 1. The molecule has 3 unspecified atom stereocenters. The molecular weight excluding hydrogens is 226 g/mol. The Hall–Kier alpha value is -0.610. The van der Waals surface area contributed by atoms with Crippen LogP contribution in [0.2, 0.25) is 0 Å². The Labute approximate surface area is 112 Å². The predicted molar refractivity (Wildman–Crippen MR) is 75.2 cm³/mol. The second-order valence-corrected chi connectivity index (χ2v) is 6.43. The summed E-state index contributed by atoms with van der Waals surface area (Å²) in [5.74, 6) is 1.04. The van der Waals surface area contributed by atoms with Gasteiger partial charge in [0.15, 0.2) is 0 Å². The van der Waals surface area contributed by atoms with Crippen molar-refractivity contribution in [3.05, 3.63) is 0 Å². The van der Waals surface area contributed by atoms with E-state index >= 15 is 0 Å². The van der Waals surface area contributed by atoms with Gasteiger partial charge in [0.1, 0.15) is 0 Å². The molecule has 0 bridgehead atoms. The first kappa shape index (κ1) is 15.4. The molecule has 4 heteroatoms. The minimum atomic E-state index is -0.0259. The highest BCUT2D eigenvalue weighted by molar-refractivity contribution is 5.85. The number of hydrogen-bond donors (Lipinski definition) is 1. The fraction of sp³-hybridized carbons (Fsp3) is 0.929. The Balaban J connectivity index is 2.87. The van der Waals surface area contributed by atoms with Gasteiger partial charge in [0, 0.05) is 12.6 Å². The number of likely N-dealkylation sites (N-methyl/N-ethyl adjacent to an activating group) is 1. The van der Waals surface area contributed by atoms with E-state index in [0.29, 0.717) is 11.8 Å². The van der Waals surface area contributed by atoms with Crippen LogP contribution in [0, 0.1) is 11.8 Å². The van der Waals surface area contributed by atoms with Crippen molar-refractivity contribution in [1.29, 1.82) is 0 Å². The maximum atomic E-state index is 12.5. The monoisotopic (exact) mass is 255 g/mol. The lowest BCUT2D eigenvalue weighted by atomic mass is 10.0. The second kappa shape index (κ2) is 6.02. The number of hydrogen-bond acceptors (Lipinski definition) is 3. The molecule has 0 aromatic heterocycles. The Morgan fingerprint density at radius 1 is 1.17 bits per heavy atom. The number of carbonyl (C=O) groups is 1. The quantitative estimate of drug-likeness (QED) is 0.806. The highest BCUT2D eigenvalue weighted by Crippen LogP contribution is 2.24. The maximum Gasteiger partial charge on any atom is 0.241 e. The zero-order valence-corrected chi connectivity index (χ0v) is 12.9. The highest BCUT2D eigenvalue weighted by atomic mass is 16.2. The largest absolute Gasteiger partial charge is 0.322 e. The fourth-order valence-electron chi connectivity index (χ4n) is 2.73. The van der Waals surface area contributed by atoms with Gasteiger partial charge in [-0.3, -0.25) is 10.1 Å². The molecule has 3 atom stereocenters. The van der Waals surface area contributed by atoms with Gasteiger partial charge in [-0.15, -0.1) is 0 Å². The first-order valence-corrected chi connectivity index (χ1v) is 6.98. The van der Waals surface area contributed by atoms with Crippen LogP contribution in [-0.4, -0.2) is 54.6 Å². The Bertz CT molecular complexity index is 289. The molecule has 106 valence electrons. The Morgan fingerprint density at radius 2 is 1.72 bits per heavy atom. The lowest BCUT2D eigenvalue weighted by Crippen LogP contribution is -2.49. The van der Waals surface area contributed by atoms with Crippen LogP contribution in [0.15, 0.2) is 0 Å². The van der Waals surface area contributed by atoms with E-state index in [1.54, 1.807) is 0 Å². The van der Waals surface area contributed by atoms with Crippen LogP contribution in [0.3, 0.4) is 0 Å². The SMILES string of the molecule is CC(C)C1NC(C(C)C)N(C(C)CN(C)C)C1=O. The summed E-state index contributed by atoms with van der Waals surface area (Å²) in [5.41, 5.74) is 0. The second-order valence-electron chi connectivity index (χ2n) is 6.43. The van der Waals surface area contributed by atoms with Crippen molar-refractivity contribution < 1.29 is 4.79 Å². The van der Waals surface area contributed by atoms with Gasteiger partial charge in [0.25, 0.3) is 0 Å². The molecule has 18 heavy (non-hydrogen) atoms. The molecular formula is C14H29N3O. The summed E-state index contributed by atoms with van der Waals surface area (Å²) in [5, 5.41) is 3.50. The molecule has 1 N–H and O–H groups in total. The summed E-state index contributed by atoms with van der Waals surface area (Å²) < 4.78 is 0. The molecule has 0 aliphatic carbocycles. The van der Waals surface area contributed by atoms with Gasteiger partial charge in [0.05, 0.1) is 12.2 Å². The summed E-state index contributed by atoms with van der Waals surface area (Å²) >= 11 is 0. The van der Waals surface area contributed by atoms with E-state index in [0.717, 1.165) is 6.54 Å². The van der Waals surface area contributed by atoms with E-state index in [1.165, 1.54) is 0 Å². The van der Waals surface area contributed by atoms with E-state index < -0.39 is 0 Å². The molecule has 1 amide bonds. The van der Waals surface area contributed by atoms with E-state index in [4.69, 9.17) is 0 Å². The van der Waals surface area contributed by atoms with E-state index in [9.17, 15) is 4.79 Å². The minimum absolute atomic E-state index is 0.0259. The predicted octanol–water partition coefficient (Wildman–Crippen LogP) is 1.37. The van der Waals surface area contributed by atoms with Gasteiger partial charge in [-0.2, -0.15) is 0 Å². The number of amides is 1. The Kier molecular flexibility index (Phi) is 5.17. The van der Waals surface area contributed by atoms with Crippen molar-refractivity contribution in [2.24, 2.45) is 11.8 Å². The van der Waals surface area contributed by atoms with Crippen molar-refractivity contribution in [1.82, 2.24) is 15.1 Å². The normalized spacial score (nSPS) is 26.8. The smallest absolute Gasteiger partial charge is 0.241 e. The third-order valence-electron chi connectivity index (χ3n) is 3.57. The summed E-state index contributed by atoms with van der Waals surface area (Å²) in [6.45, 7) is 11.6. The average molecular weight is 255 g/mol. The molecule has 1 saturated heterocycles. The zero-order chi connectivity index (χ0) is 14.0. The third kappa shape index (κ3) is 3.23. The maximum absolute atomic E-state index is 12.5. The van der Waals surface area contributed by atoms with Crippen LogP contribution in [0.4, 0.5) is 0 Å². The summed E-state index contributed by atoms with van der Waals surface area (Å²) in [6, 6.07) is 0.221. The lowest BCUT2D eigenvalue weighted by molar-refractivity contribution is -0.133. The first-order valence-electron chi connectivity index (χ1n) is 6.98. The van der Waals surface area contributed by atoms with Gasteiger partial charge in [0.2, 0.25) is 5.91 Å². The van der Waals surface area contributed by atoms with Crippen LogP contribution in [0.1, 0.15) is 34.6 Å². The van der Waals surface area contributed by atoms with Crippen LogP contribution < -0.4 is 5.32 Å². The number of rotatable bonds is 5. The molecule has 1 heterocycles. The average Bonchev–Trinajstić information content (AvgIpc) is 2.54. The molecule has 4 nitrogen and oxygen atoms in total. The molecule has 1 aliphatic heterocycles. The first-order chi connectivity index (χ1) is 8.25. The van der Waals surface area contributed by atoms with Gasteiger partial charge in [-0.25, -0.2) is 0 Å². The minimum Gasteiger partial charge on any atom is -0.322 e. The van der Waals surface area contributed by atoms with E-state index in [1.807, 2.05) is 0 Å². The number of nitrogens with one attached hydrogen (secondary N) is 1. The molecule has 1 fully saturated rings. The van der Waals surface area contributed by atoms with Crippen molar-refractivity contribution in [2.75, 3.05) is 20.6 Å². The van der Waals surface area contributed by atoms with Crippen LogP contribution in [0.25, 0.3) is 0 Å². The van der Waals surface area contributed by atoms with E-state index in [-0.39, 0.29) is 24.2 Å². The summed E-state index contributed by atoms with van der Waals surface area (Å²) in [7, 11) is 4.10. The molecule has 1 rings (SSSR count). The van der Waals surface area contributed by atoms with Crippen LogP contribution >= 0.6 is 0 Å². The Morgan fingerprint density at radius 3 is 2.11 bits per heavy atom. The highest BCUT2D eigenvalue weighted by Gasteiger charge is 2.43. The molecule has 0 aromatic rings. The lowest BCUT2D eigenvalue weighted by Gasteiger charge is -2.34. The fourth-order valence-corrected chi connectivity index (χ4v) is 2.73. The molecule has 1 aliphatic rings. The summed E-state index contributed by atoms with van der Waals surface area (Å²) in [6.07, 6.45) is 0.167. The molecule has 0 spiro atoms. The van der Waals surface area contributed by atoms with Gasteiger partial charge in [-0.05, 0) is 32.9 Å². The molecule has 0 radical (unpaired) electrons.